The first kappa shape index (κ1) is 27.1. The second-order valence-electron chi connectivity index (χ2n) is 7.65. The van der Waals surface area contributed by atoms with Gasteiger partial charge in [0, 0.05) is 37.0 Å². The third-order valence-corrected chi connectivity index (χ3v) is 5.81. The number of aryl methyl sites for hydroxylation is 1. The Labute approximate surface area is 195 Å². The van der Waals surface area contributed by atoms with Gasteiger partial charge in [-0.25, -0.2) is 9.18 Å². The standard InChI is InChI=1S/C19H21ClFN3O3.C2HF3O2/c1-10-8-13(25)15(17(21)16(10)20)18(22)11-4-6-24(7-5-11)19(27)12-2-3-14(26)23-9-12;3-2(4,5)1(6)7/h2-3,8-9,11,18,25H,4-7,22H2,1H3,(H,23,26);(H,6,7)/t18-;/m1./s1. The van der Waals surface area contributed by atoms with Crippen molar-refractivity contribution in [3.63, 3.8) is 0 Å². The number of piperidine rings is 1. The number of aromatic hydroxyl groups is 1. The van der Waals surface area contributed by atoms with Crippen LogP contribution in [0.25, 0.3) is 0 Å². The normalized spacial score (nSPS) is 15.3. The highest BCUT2D eigenvalue weighted by Crippen LogP contribution is 2.38. The number of nitrogens with zero attached hydrogens (tertiary/aromatic N) is 1. The number of aromatic amines is 1. The van der Waals surface area contributed by atoms with Gasteiger partial charge in [0.05, 0.1) is 10.6 Å². The van der Waals surface area contributed by atoms with Crippen molar-refractivity contribution in [2.75, 3.05) is 13.1 Å². The zero-order valence-corrected chi connectivity index (χ0v) is 18.6. The van der Waals surface area contributed by atoms with E-state index in [1.54, 1.807) is 11.8 Å². The molecule has 1 aliphatic rings. The van der Waals surface area contributed by atoms with Gasteiger partial charge in [0.1, 0.15) is 5.75 Å². The van der Waals surface area contributed by atoms with E-state index in [2.05, 4.69) is 4.98 Å². The molecule has 0 aliphatic carbocycles. The number of H-pyrrole nitrogens is 1. The van der Waals surface area contributed by atoms with Gasteiger partial charge in [-0.3, -0.25) is 9.59 Å². The maximum atomic E-state index is 14.5. The molecule has 2 aromatic rings. The van der Waals surface area contributed by atoms with Gasteiger partial charge in [-0.15, -0.1) is 0 Å². The average Bonchev–Trinajstić information content (AvgIpc) is 2.77. The number of likely N-dealkylation sites (tertiary alicyclic amines) is 1. The Morgan fingerprint density at radius 2 is 1.82 bits per heavy atom. The van der Waals surface area contributed by atoms with Gasteiger partial charge in [-0.2, -0.15) is 13.2 Å². The highest BCUT2D eigenvalue weighted by Gasteiger charge is 2.38. The molecule has 34 heavy (non-hydrogen) atoms. The number of aromatic nitrogens is 1. The molecule has 1 aliphatic heterocycles. The molecular weight excluding hydrogens is 486 g/mol. The Morgan fingerprint density at radius 1 is 1.26 bits per heavy atom. The fourth-order valence-corrected chi connectivity index (χ4v) is 3.65. The van der Waals surface area contributed by atoms with Crippen molar-refractivity contribution < 1.29 is 37.4 Å². The van der Waals surface area contributed by atoms with Crippen molar-refractivity contribution in [3.8, 4) is 5.75 Å². The van der Waals surface area contributed by atoms with E-state index in [4.69, 9.17) is 27.2 Å². The summed E-state index contributed by atoms with van der Waals surface area (Å²) in [6, 6.07) is 3.49. The summed E-state index contributed by atoms with van der Waals surface area (Å²) < 4.78 is 46.3. The number of carboxylic acids is 1. The lowest BCUT2D eigenvalue weighted by molar-refractivity contribution is -0.192. The van der Waals surface area contributed by atoms with Crippen molar-refractivity contribution in [1.29, 1.82) is 0 Å². The molecule has 0 spiro atoms. The SMILES string of the molecule is Cc1cc(O)c([C@H](N)C2CCN(C(=O)c3ccc(=O)[nH]c3)CC2)c(F)c1Cl.O=C(O)C(F)(F)F. The van der Waals surface area contributed by atoms with Crippen LogP contribution in [0.15, 0.2) is 29.2 Å². The first-order chi connectivity index (χ1) is 15.7. The van der Waals surface area contributed by atoms with Crippen LogP contribution < -0.4 is 11.3 Å². The molecule has 3 rings (SSSR count). The second-order valence-corrected chi connectivity index (χ2v) is 8.03. The zero-order valence-electron chi connectivity index (χ0n) is 17.8. The molecule has 0 saturated carbocycles. The number of alkyl halides is 3. The Hall–Kier alpha value is -3.12. The number of phenolic OH excluding ortho intramolecular Hbond substituents is 1. The minimum Gasteiger partial charge on any atom is -0.507 e. The number of phenols is 1. The van der Waals surface area contributed by atoms with Gasteiger partial charge >= 0.3 is 12.1 Å². The number of carboxylic acid groups (broad SMARTS) is 1. The van der Waals surface area contributed by atoms with Gasteiger partial charge in [0.2, 0.25) is 5.56 Å². The first-order valence-electron chi connectivity index (χ1n) is 9.95. The quantitative estimate of drug-likeness (QED) is 0.470. The number of pyridine rings is 1. The minimum absolute atomic E-state index is 0.0241. The predicted octanol–water partition coefficient (Wildman–Crippen LogP) is 3.37. The maximum absolute atomic E-state index is 14.5. The van der Waals surface area contributed by atoms with Crippen molar-refractivity contribution in [1.82, 2.24) is 9.88 Å². The molecule has 186 valence electrons. The molecule has 0 radical (unpaired) electrons. The Bertz CT molecular complexity index is 1090. The van der Waals surface area contributed by atoms with Crippen LogP contribution in [0.1, 0.15) is 40.4 Å². The Kier molecular flexibility index (Phi) is 8.67. The topological polar surface area (TPSA) is 137 Å². The van der Waals surface area contributed by atoms with Gasteiger partial charge in [0.25, 0.3) is 5.91 Å². The summed E-state index contributed by atoms with van der Waals surface area (Å²) in [6.45, 7) is 2.53. The molecule has 1 atom stereocenters. The summed E-state index contributed by atoms with van der Waals surface area (Å²) in [5, 5.41) is 17.2. The van der Waals surface area contributed by atoms with Crippen molar-refractivity contribution in [2.45, 2.75) is 32.0 Å². The number of amides is 1. The number of rotatable bonds is 3. The monoisotopic (exact) mass is 507 g/mol. The van der Waals surface area contributed by atoms with Crippen molar-refractivity contribution in [2.24, 2.45) is 11.7 Å². The number of carbonyl (C=O) groups excluding carboxylic acids is 1. The molecule has 8 nitrogen and oxygen atoms in total. The fourth-order valence-electron chi connectivity index (χ4n) is 3.49. The number of carbonyl (C=O) groups is 2. The Balaban J connectivity index is 0.000000509. The van der Waals surface area contributed by atoms with Gasteiger partial charge in [0.15, 0.2) is 5.82 Å². The van der Waals surface area contributed by atoms with Crippen molar-refractivity contribution >= 4 is 23.5 Å². The molecule has 13 heteroatoms. The van der Waals surface area contributed by atoms with E-state index in [1.165, 1.54) is 24.4 Å². The summed E-state index contributed by atoms with van der Waals surface area (Å²) in [5.41, 5.74) is 6.85. The van der Waals surface area contributed by atoms with Gasteiger partial charge in [-0.1, -0.05) is 11.6 Å². The van der Waals surface area contributed by atoms with E-state index in [0.717, 1.165) is 0 Å². The average molecular weight is 508 g/mol. The van der Waals surface area contributed by atoms with Crippen LogP contribution in [0.3, 0.4) is 0 Å². The molecule has 1 fully saturated rings. The number of hydrogen-bond acceptors (Lipinski definition) is 5. The molecule has 1 saturated heterocycles. The molecule has 1 aromatic carbocycles. The predicted molar refractivity (Wildman–Crippen MR) is 114 cm³/mol. The number of hydrogen-bond donors (Lipinski definition) is 4. The highest BCUT2D eigenvalue weighted by molar-refractivity contribution is 6.31. The molecule has 1 amide bonds. The molecule has 5 N–H and O–H groups in total. The lowest BCUT2D eigenvalue weighted by Gasteiger charge is -2.35. The molecule has 1 aromatic heterocycles. The molecular formula is C21H22ClF4N3O5. The van der Waals surface area contributed by atoms with Crippen LogP contribution in [0.2, 0.25) is 5.02 Å². The summed E-state index contributed by atoms with van der Waals surface area (Å²) in [5.74, 6) is -3.91. The number of aliphatic carboxylic acids is 1. The maximum Gasteiger partial charge on any atom is 0.490 e. The van der Waals surface area contributed by atoms with Crippen LogP contribution in [0.4, 0.5) is 17.6 Å². The van der Waals surface area contributed by atoms with E-state index in [9.17, 15) is 32.3 Å². The Morgan fingerprint density at radius 3 is 2.29 bits per heavy atom. The van der Waals surface area contributed by atoms with Crippen LogP contribution >= 0.6 is 11.6 Å². The summed E-state index contributed by atoms with van der Waals surface area (Å²) in [4.78, 5) is 36.7. The smallest absolute Gasteiger partial charge is 0.490 e. The highest BCUT2D eigenvalue weighted by atomic mass is 35.5. The lowest BCUT2D eigenvalue weighted by atomic mass is 9.85. The third kappa shape index (κ3) is 6.48. The van der Waals surface area contributed by atoms with E-state index >= 15 is 0 Å². The number of nitrogens with two attached hydrogens (primary N) is 1. The zero-order chi connectivity index (χ0) is 25.8. The van der Waals surface area contributed by atoms with Crippen LogP contribution in [-0.4, -0.2) is 51.2 Å². The fraction of sp³-hybridized carbons (Fsp3) is 0.381. The summed E-state index contributed by atoms with van der Waals surface area (Å²) in [6.07, 6.45) is -2.55. The largest absolute Gasteiger partial charge is 0.507 e. The lowest BCUT2D eigenvalue weighted by Crippen LogP contribution is -2.41. The van der Waals surface area contributed by atoms with Crippen LogP contribution in [-0.2, 0) is 4.79 Å². The molecule has 0 unspecified atom stereocenters. The molecule has 0 bridgehead atoms. The minimum atomic E-state index is -5.08. The van der Waals surface area contributed by atoms with Crippen LogP contribution in [0.5, 0.6) is 5.75 Å². The summed E-state index contributed by atoms with van der Waals surface area (Å²) in [7, 11) is 0. The second kappa shape index (κ2) is 10.9. The summed E-state index contributed by atoms with van der Waals surface area (Å²) >= 11 is 5.96. The van der Waals surface area contributed by atoms with Gasteiger partial charge in [-0.05, 0) is 43.4 Å². The van der Waals surface area contributed by atoms with E-state index < -0.39 is 24.0 Å². The van der Waals surface area contributed by atoms with E-state index in [-0.39, 0.29) is 33.7 Å². The van der Waals surface area contributed by atoms with E-state index in [0.29, 0.717) is 37.1 Å². The number of benzene rings is 1. The van der Waals surface area contributed by atoms with Gasteiger partial charge < -0.3 is 25.8 Å². The van der Waals surface area contributed by atoms with Crippen LogP contribution in [0, 0.1) is 18.7 Å². The third-order valence-electron chi connectivity index (χ3n) is 5.35. The number of halogens is 5. The van der Waals surface area contributed by atoms with Crippen molar-refractivity contribution in [3.05, 3.63) is 62.3 Å². The number of nitrogens with one attached hydrogen (secondary N) is 1. The molecule has 2 heterocycles. The first-order valence-corrected chi connectivity index (χ1v) is 10.3. The van der Waals surface area contributed by atoms with E-state index in [1.807, 2.05) is 0 Å².